The van der Waals surface area contributed by atoms with Gasteiger partial charge in [0.1, 0.15) is 5.75 Å². The number of benzene rings is 4. The zero-order valence-electron chi connectivity index (χ0n) is 18.1. The van der Waals surface area contributed by atoms with E-state index in [1.165, 1.54) is 6.21 Å². The molecule has 0 spiro atoms. The molecule has 0 aliphatic heterocycles. The largest absolute Gasteiger partial charge is 0.423 e. The minimum absolute atomic E-state index is 0.115. The number of rotatable bonds is 7. The highest BCUT2D eigenvalue weighted by Crippen LogP contribution is 2.21. The topological polar surface area (TPSA) is 79.8 Å². The van der Waals surface area contributed by atoms with Crippen molar-refractivity contribution in [3.8, 4) is 5.75 Å². The van der Waals surface area contributed by atoms with E-state index in [2.05, 4.69) is 15.8 Å². The maximum Gasteiger partial charge on any atom is 0.344 e. The first-order valence-corrected chi connectivity index (χ1v) is 10.5. The van der Waals surface area contributed by atoms with Crippen LogP contribution in [0.2, 0.25) is 0 Å². The number of amides is 1. The van der Waals surface area contributed by atoms with Gasteiger partial charge < -0.3 is 10.1 Å². The first-order chi connectivity index (χ1) is 16.1. The Morgan fingerprint density at radius 3 is 2.39 bits per heavy atom. The summed E-state index contributed by atoms with van der Waals surface area (Å²) < 4.78 is 5.53. The van der Waals surface area contributed by atoms with Gasteiger partial charge in [-0.25, -0.2) is 10.2 Å². The molecule has 0 aromatic heterocycles. The molecule has 33 heavy (non-hydrogen) atoms. The van der Waals surface area contributed by atoms with Gasteiger partial charge in [0.05, 0.1) is 18.3 Å². The number of anilines is 1. The van der Waals surface area contributed by atoms with E-state index in [0.717, 1.165) is 27.6 Å². The van der Waals surface area contributed by atoms with E-state index < -0.39 is 5.97 Å². The van der Waals surface area contributed by atoms with Gasteiger partial charge in [-0.15, -0.1) is 0 Å². The fourth-order valence-corrected chi connectivity index (χ4v) is 3.26. The number of hydrogen-bond donors (Lipinski definition) is 2. The van der Waals surface area contributed by atoms with Crippen LogP contribution in [0.25, 0.3) is 10.8 Å². The zero-order chi connectivity index (χ0) is 23.0. The second-order valence-corrected chi connectivity index (χ2v) is 7.50. The van der Waals surface area contributed by atoms with Crippen LogP contribution in [0.1, 0.15) is 21.5 Å². The second-order valence-electron chi connectivity index (χ2n) is 7.50. The molecule has 0 unspecified atom stereocenters. The molecular formula is C27H23N3O3. The highest BCUT2D eigenvalue weighted by atomic mass is 16.5. The van der Waals surface area contributed by atoms with Gasteiger partial charge in [-0.05, 0) is 65.7 Å². The van der Waals surface area contributed by atoms with E-state index in [0.29, 0.717) is 11.3 Å². The lowest BCUT2D eigenvalue weighted by Gasteiger charge is -2.07. The third-order valence-corrected chi connectivity index (χ3v) is 5.01. The van der Waals surface area contributed by atoms with Gasteiger partial charge in [0.25, 0.3) is 5.91 Å². The third-order valence-electron chi connectivity index (χ3n) is 5.01. The Kier molecular flexibility index (Phi) is 6.75. The summed E-state index contributed by atoms with van der Waals surface area (Å²) in [5.74, 6) is -0.245. The lowest BCUT2D eigenvalue weighted by molar-refractivity contribution is -0.119. The van der Waals surface area contributed by atoms with Crippen LogP contribution in [-0.4, -0.2) is 24.6 Å². The molecule has 4 aromatic rings. The Bertz CT molecular complexity index is 1290. The Morgan fingerprint density at radius 2 is 1.61 bits per heavy atom. The van der Waals surface area contributed by atoms with Crippen molar-refractivity contribution < 1.29 is 14.3 Å². The number of carbonyl (C=O) groups excluding carboxylic acids is 2. The minimum atomic E-state index is -0.415. The molecule has 0 aliphatic rings. The van der Waals surface area contributed by atoms with Crippen LogP contribution in [-0.2, 0) is 4.79 Å². The van der Waals surface area contributed by atoms with Crippen molar-refractivity contribution in [3.63, 3.8) is 0 Å². The molecule has 6 nitrogen and oxygen atoms in total. The van der Waals surface area contributed by atoms with Crippen LogP contribution in [0, 0.1) is 6.92 Å². The predicted octanol–water partition coefficient (Wildman–Crippen LogP) is 4.93. The Morgan fingerprint density at radius 1 is 0.879 bits per heavy atom. The highest BCUT2D eigenvalue weighted by molar-refractivity contribution is 6.05. The average molecular weight is 437 g/mol. The Labute approximate surface area is 191 Å². The number of ether oxygens (including phenoxy) is 1. The number of nitrogens with one attached hydrogen (secondary N) is 2. The predicted molar refractivity (Wildman–Crippen MR) is 131 cm³/mol. The molecule has 1 amide bonds. The van der Waals surface area contributed by atoms with Crippen LogP contribution in [0.4, 0.5) is 5.69 Å². The molecule has 0 saturated heterocycles. The van der Waals surface area contributed by atoms with Crippen molar-refractivity contribution in [2.45, 2.75) is 6.92 Å². The van der Waals surface area contributed by atoms with Crippen LogP contribution in [0.5, 0.6) is 5.75 Å². The van der Waals surface area contributed by atoms with Crippen molar-refractivity contribution >= 4 is 34.6 Å². The van der Waals surface area contributed by atoms with Crippen molar-refractivity contribution in [1.82, 2.24) is 5.43 Å². The molecular weight excluding hydrogens is 414 g/mol. The third kappa shape index (κ3) is 5.83. The molecule has 0 heterocycles. The summed E-state index contributed by atoms with van der Waals surface area (Å²) in [4.78, 5) is 24.6. The number of hydrogen-bond acceptors (Lipinski definition) is 5. The summed E-state index contributed by atoms with van der Waals surface area (Å²) in [5.41, 5.74) is 5.78. The lowest BCUT2D eigenvalue weighted by Crippen LogP contribution is -2.25. The molecule has 0 bridgehead atoms. The summed E-state index contributed by atoms with van der Waals surface area (Å²) in [5, 5.41) is 8.83. The smallest absolute Gasteiger partial charge is 0.344 e. The maximum atomic E-state index is 12.6. The van der Waals surface area contributed by atoms with Crippen LogP contribution in [0.15, 0.2) is 96.1 Å². The van der Waals surface area contributed by atoms with Gasteiger partial charge in [0.2, 0.25) is 0 Å². The van der Waals surface area contributed by atoms with Gasteiger partial charge in [-0.3, -0.25) is 4.79 Å². The van der Waals surface area contributed by atoms with E-state index in [1.807, 2.05) is 67.6 Å². The SMILES string of the molecule is Cc1ccc(NCC(=O)N/N=C/c2ccc(OC(=O)c3cccc4ccccc34)cc2)cc1. The van der Waals surface area contributed by atoms with Gasteiger partial charge in [0.15, 0.2) is 0 Å². The standard InChI is InChI=1S/C27H23N3O3/c1-19-9-13-22(14-10-19)28-18-26(31)30-29-17-20-11-15-23(16-12-20)33-27(32)25-8-4-6-21-5-2-3-7-24(21)25/h2-17,28H,18H2,1H3,(H,30,31)/b29-17+. The lowest BCUT2D eigenvalue weighted by atomic mass is 10.0. The molecule has 6 heteroatoms. The summed E-state index contributed by atoms with van der Waals surface area (Å²) >= 11 is 0. The number of hydrazone groups is 1. The quantitative estimate of drug-likeness (QED) is 0.186. The van der Waals surface area contributed by atoms with E-state index in [-0.39, 0.29) is 12.5 Å². The maximum absolute atomic E-state index is 12.6. The fourth-order valence-electron chi connectivity index (χ4n) is 3.26. The van der Waals surface area contributed by atoms with Gasteiger partial charge in [0, 0.05) is 5.69 Å². The molecule has 0 radical (unpaired) electrons. The normalized spacial score (nSPS) is 10.8. The average Bonchev–Trinajstić information content (AvgIpc) is 2.84. The van der Waals surface area contributed by atoms with Crippen molar-refractivity contribution in [3.05, 3.63) is 108 Å². The van der Waals surface area contributed by atoms with Crippen molar-refractivity contribution in [1.29, 1.82) is 0 Å². The first-order valence-electron chi connectivity index (χ1n) is 10.5. The molecule has 4 aromatic carbocycles. The monoisotopic (exact) mass is 437 g/mol. The summed E-state index contributed by atoms with van der Waals surface area (Å²) in [6.07, 6.45) is 1.53. The number of fused-ring (bicyclic) bond motifs is 1. The highest BCUT2D eigenvalue weighted by Gasteiger charge is 2.12. The molecule has 4 rings (SSSR count). The Balaban J connectivity index is 1.29. The van der Waals surface area contributed by atoms with Crippen LogP contribution < -0.4 is 15.5 Å². The van der Waals surface area contributed by atoms with E-state index in [4.69, 9.17) is 4.74 Å². The summed E-state index contributed by atoms with van der Waals surface area (Å²) in [6.45, 7) is 2.12. The molecule has 2 N–H and O–H groups in total. The minimum Gasteiger partial charge on any atom is -0.423 e. The Hall–Kier alpha value is -4.45. The molecule has 164 valence electrons. The first kappa shape index (κ1) is 21.8. The van der Waals surface area contributed by atoms with Crippen molar-refractivity contribution in [2.75, 3.05) is 11.9 Å². The van der Waals surface area contributed by atoms with Crippen molar-refractivity contribution in [2.24, 2.45) is 5.10 Å². The summed E-state index contributed by atoms with van der Waals surface area (Å²) in [7, 11) is 0. The van der Waals surface area contributed by atoms with Gasteiger partial charge in [-0.2, -0.15) is 5.10 Å². The zero-order valence-corrected chi connectivity index (χ0v) is 18.1. The van der Waals surface area contributed by atoms with E-state index in [9.17, 15) is 9.59 Å². The van der Waals surface area contributed by atoms with Crippen LogP contribution >= 0.6 is 0 Å². The fraction of sp³-hybridized carbons (Fsp3) is 0.0741. The summed E-state index contributed by atoms with van der Waals surface area (Å²) in [6, 6.07) is 27.9. The van der Waals surface area contributed by atoms with Gasteiger partial charge in [-0.1, -0.05) is 54.1 Å². The number of aryl methyl sites for hydroxylation is 1. The van der Waals surface area contributed by atoms with Crippen LogP contribution in [0.3, 0.4) is 0 Å². The number of carbonyl (C=O) groups is 2. The van der Waals surface area contributed by atoms with E-state index in [1.54, 1.807) is 30.3 Å². The molecule has 0 atom stereocenters. The molecule has 0 fully saturated rings. The molecule has 0 aliphatic carbocycles. The number of esters is 1. The molecule has 0 saturated carbocycles. The second kappa shape index (κ2) is 10.2. The van der Waals surface area contributed by atoms with E-state index >= 15 is 0 Å². The van der Waals surface area contributed by atoms with Gasteiger partial charge >= 0.3 is 5.97 Å². The number of nitrogens with zero attached hydrogens (tertiary/aromatic N) is 1.